The average Bonchev–Trinajstić information content (AvgIpc) is 3.05. The van der Waals surface area contributed by atoms with E-state index in [0.717, 1.165) is 5.56 Å². The summed E-state index contributed by atoms with van der Waals surface area (Å²) >= 11 is 6.29. The highest BCUT2D eigenvalue weighted by Gasteiger charge is 2.43. The summed E-state index contributed by atoms with van der Waals surface area (Å²) in [6.07, 6.45) is 0. The molecule has 4 rings (SSSR count). The van der Waals surface area contributed by atoms with Gasteiger partial charge in [-0.3, -0.25) is 9.59 Å². The van der Waals surface area contributed by atoms with Crippen LogP contribution < -0.4 is 14.9 Å². The van der Waals surface area contributed by atoms with Gasteiger partial charge in [0, 0.05) is 23.7 Å². The highest BCUT2D eigenvalue weighted by Crippen LogP contribution is 2.42. The monoisotopic (exact) mass is 456 g/mol. The molecule has 32 heavy (non-hydrogen) atoms. The van der Waals surface area contributed by atoms with Gasteiger partial charge in [-0.2, -0.15) is 0 Å². The van der Waals surface area contributed by atoms with Crippen LogP contribution >= 0.6 is 11.6 Å². The molecule has 1 aromatic heterocycles. The van der Waals surface area contributed by atoms with Crippen molar-refractivity contribution in [2.75, 3.05) is 41.4 Å². The first kappa shape index (κ1) is 22.2. The predicted octanol–water partition coefficient (Wildman–Crippen LogP) is 3.88. The lowest BCUT2D eigenvalue weighted by molar-refractivity contribution is 0.0715. The van der Waals surface area contributed by atoms with Gasteiger partial charge in [0.2, 0.25) is 5.76 Å². The third-order valence-electron chi connectivity index (χ3n) is 5.77. The highest BCUT2D eigenvalue weighted by molar-refractivity contribution is 6.32. The Morgan fingerprint density at radius 1 is 1.12 bits per heavy atom. The molecule has 0 aliphatic carbocycles. The quantitative estimate of drug-likeness (QED) is 0.560. The van der Waals surface area contributed by atoms with E-state index in [9.17, 15) is 9.59 Å². The summed E-state index contributed by atoms with van der Waals surface area (Å²) < 4.78 is 17.0. The van der Waals surface area contributed by atoms with Crippen LogP contribution in [-0.4, -0.2) is 57.1 Å². The maximum absolute atomic E-state index is 13.7. The van der Waals surface area contributed by atoms with E-state index in [0.29, 0.717) is 46.1 Å². The Hall–Kier alpha value is -3.03. The number of nitrogens with zero attached hydrogens (tertiary/aromatic N) is 2. The number of hydrogen-bond donors (Lipinski definition) is 0. The van der Waals surface area contributed by atoms with Crippen LogP contribution in [0.3, 0.4) is 0 Å². The fourth-order valence-corrected chi connectivity index (χ4v) is 4.22. The molecule has 3 aromatic rings. The Bertz CT molecular complexity index is 1270. The molecule has 1 unspecified atom stereocenters. The third kappa shape index (κ3) is 3.61. The number of rotatable bonds is 6. The van der Waals surface area contributed by atoms with E-state index >= 15 is 0 Å². The van der Waals surface area contributed by atoms with Gasteiger partial charge < -0.3 is 23.7 Å². The van der Waals surface area contributed by atoms with E-state index in [1.165, 1.54) is 0 Å². The zero-order valence-electron chi connectivity index (χ0n) is 18.7. The number of fused-ring (bicyclic) bond motifs is 2. The van der Waals surface area contributed by atoms with Crippen molar-refractivity contribution in [3.05, 3.63) is 68.0 Å². The van der Waals surface area contributed by atoms with Crippen molar-refractivity contribution in [2.24, 2.45) is 0 Å². The largest absolute Gasteiger partial charge is 0.497 e. The Labute approximate surface area is 191 Å². The molecule has 2 aromatic carbocycles. The molecule has 0 radical (unpaired) electrons. The number of benzene rings is 2. The van der Waals surface area contributed by atoms with Crippen LogP contribution in [0.15, 0.2) is 39.5 Å². The number of carbonyl (C=O) groups excluding carboxylic acids is 1. The SMILES string of the molecule is COc1ccc(OC)c(C2c3c(oc4cc(C)c(Cl)cc4c3=O)C(=O)N2CCN(C)C)c1. The van der Waals surface area contributed by atoms with Gasteiger partial charge in [-0.05, 0) is 56.9 Å². The van der Waals surface area contributed by atoms with Crippen molar-refractivity contribution in [3.8, 4) is 11.5 Å². The molecule has 0 fully saturated rings. The molecule has 1 atom stereocenters. The minimum Gasteiger partial charge on any atom is -0.497 e. The van der Waals surface area contributed by atoms with Gasteiger partial charge in [0.05, 0.1) is 31.2 Å². The first-order valence-corrected chi connectivity index (χ1v) is 10.6. The fourth-order valence-electron chi connectivity index (χ4n) is 4.06. The van der Waals surface area contributed by atoms with Gasteiger partial charge in [0.25, 0.3) is 5.91 Å². The van der Waals surface area contributed by atoms with Gasteiger partial charge in [0.15, 0.2) is 5.43 Å². The molecule has 7 nitrogen and oxygen atoms in total. The zero-order chi connectivity index (χ0) is 23.2. The van der Waals surface area contributed by atoms with E-state index in [1.807, 2.05) is 25.9 Å². The van der Waals surface area contributed by atoms with E-state index < -0.39 is 6.04 Å². The van der Waals surface area contributed by atoms with Crippen LogP contribution in [0.5, 0.6) is 11.5 Å². The molecule has 0 saturated carbocycles. The number of amides is 1. The summed E-state index contributed by atoms with van der Waals surface area (Å²) in [4.78, 5) is 30.8. The average molecular weight is 457 g/mol. The van der Waals surface area contributed by atoms with E-state index in [-0.39, 0.29) is 22.7 Å². The minimum atomic E-state index is -0.678. The summed E-state index contributed by atoms with van der Waals surface area (Å²) in [7, 11) is 6.97. The molecule has 0 N–H and O–H groups in total. The molecule has 1 amide bonds. The Balaban J connectivity index is 2.01. The molecule has 0 bridgehead atoms. The van der Waals surface area contributed by atoms with Crippen LogP contribution in [-0.2, 0) is 0 Å². The van der Waals surface area contributed by atoms with Gasteiger partial charge in [0.1, 0.15) is 17.1 Å². The number of methoxy groups -OCH3 is 2. The lowest BCUT2D eigenvalue weighted by Gasteiger charge is -2.27. The van der Waals surface area contributed by atoms with Crippen LogP contribution in [0.1, 0.15) is 33.3 Å². The van der Waals surface area contributed by atoms with E-state index in [2.05, 4.69) is 0 Å². The number of likely N-dealkylation sites (N-methyl/N-ethyl adjacent to an activating group) is 1. The third-order valence-corrected chi connectivity index (χ3v) is 6.17. The number of halogens is 1. The molecule has 1 aliphatic heterocycles. The van der Waals surface area contributed by atoms with Gasteiger partial charge >= 0.3 is 0 Å². The first-order chi connectivity index (χ1) is 15.3. The Morgan fingerprint density at radius 2 is 1.88 bits per heavy atom. The van der Waals surface area contributed by atoms with Crippen molar-refractivity contribution in [3.63, 3.8) is 0 Å². The molecular weight excluding hydrogens is 432 g/mol. The number of aryl methyl sites for hydroxylation is 1. The van der Waals surface area contributed by atoms with Crippen molar-refractivity contribution in [1.29, 1.82) is 0 Å². The molecule has 168 valence electrons. The van der Waals surface area contributed by atoms with Crippen molar-refractivity contribution >= 4 is 28.5 Å². The van der Waals surface area contributed by atoms with E-state index in [1.54, 1.807) is 49.5 Å². The molecule has 8 heteroatoms. The Morgan fingerprint density at radius 3 is 2.53 bits per heavy atom. The van der Waals surface area contributed by atoms with Gasteiger partial charge in [-0.25, -0.2) is 0 Å². The normalized spacial score (nSPS) is 15.5. The first-order valence-electron chi connectivity index (χ1n) is 10.2. The van der Waals surface area contributed by atoms with Crippen LogP contribution in [0.25, 0.3) is 11.0 Å². The number of hydrogen-bond acceptors (Lipinski definition) is 6. The van der Waals surface area contributed by atoms with E-state index in [4.69, 9.17) is 25.5 Å². The Kier molecular flexibility index (Phi) is 5.88. The van der Waals surface area contributed by atoms with Crippen LogP contribution in [0, 0.1) is 6.92 Å². The summed E-state index contributed by atoms with van der Waals surface area (Å²) in [5.41, 5.74) is 1.77. The molecule has 0 spiro atoms. The lowest BCUT2D eigenvalue weighted by Crippen LogP contribution is -2.35. The van der Waals surface area contributed by atoms with Crippen LogP contribution in [0.2, 0.25) is 5.02 Å². The molecular formula is C24H25ClN2O5. The van der Waals surface area contributed by atoms with Gasteiger partial charge in [-0.1, -0.05) is 11.6 Å². The van der Waals surface area contributed by atoms with Crippen molar-refractivity contribution < 1.29 is 18.7 Å². The summed E-state index contributed by atoms with van der Waals surface area (Å²) in [5, 5.41) is 0.808. The molecule has 0 saturated heterocycles. The number of ether oxygens (including phenoxy) is 2. The second-order valence-electron chi connectivity index (χ2n) is 8.08. The molecule has 2 heterocycles. The second-order valence-corrected chi connectivity index (χ2v) is 8.49. The zero-order valence-corrected chi connectivity index (χ0v) is 19.4. The maximum Gasteiger partial charge on any atom is 0.290 e. The highest BCUT2D eigenvalue weighted by atomic mass is 35.5. The maximum atomic E-state index is 13.7. The lowest BCUT2D eigenvalue weighted by atomic mass is 9.97. The van der Waals surface area contributed by atoms with Crippen molar-refractivity contribution in [2.45, 2.75) is 13.0 Å². The molecule has 1 aliphatic rings. The van der Waals surface area contributed by atoms with Crippen molar-refractivity contribution in [1.82, 2.24) is 9.80 Å². The predicted molar refractivity (Wildman–Crippen MR) is 123 cm³/mol. The van der Waals surface area contributed by atoms with Crippen LogP contribution in [0.4, 0.5) is 0 Å². The minimum absolute atomic E-state index is 0.0536. The smallest absolute Gasteiger partial charge is 0.290 e. The topological polar surface area (TPSA) is 72.2 Å². The number of carbonyl (C=O) groups is 1. The summed E-state index contributed by atoms with van der Waals surface area (Å²) in [6.45, 7) is 2.84. The summed E-state index contributed by atoms with van der Waals surface area (Å²) in [5.74, 6) is 0.868. The fraction of sp³-hybridized carbons (Fsp3) is 0.333. The summed E-state index contributed by atoms with van der Waals surface area (Å²) in [6, 6.07) is 7.95. The van der Waals surface area contributed by atoms with Gasteiger partial charge in [-0.15, -0.1) is 0 Å². The standard InChI is InChI=1S/C24H25ClN2O5/c1-13-10-19-16(12-17(13)25)22(28)20-21(15-11-14(30-4)6-7-18(15)31-5)27(9-8-26(2)3)24(29)23(20)32-19/h6-7,10-12,21H,8-9H2,1-5H3. The second kappa shape index (κ2) is 8.48.